The van der Waals surface area contributed by atoms with Crippen molar-refractivity contribution in [3.8, 4) is 11.5 Å². The van der Waals surface area contributed by atoms with E-state index in [9.17, 15) is 18.0 Å². The number of carbonyl (C=O) groups excluding carboxylic acids is 1. The maximum absolute atomic E-state index is 12.7. The van der Waals surface area contributed by atoms with Crippen molar-refractivity contribution in [1.29, 1.82) is 0 Å². The Balaban J connectivity index is 1.63. The molecule has 2 aromatic carbocycles. The molecule has 1 amide bonds. The molecule has 2 aromatic rings. The minimum absolute atomic E-state index is 0.184. The van der Waals surface area contributed by atoms with E-state index in [4.69, 9.17) is 21.1 Å². The molecule has 0 spiro atoms. The Kier molecular flexibility index (Phi) is 5.13. The van der Waals surface area contributed by atoms with Crippen molar-refractivity contribution in [2.75, 3.05) is 30.4 Å². The molecule has 1 heterocycles. The second-order valence-electron chi connectivity index (χ2n) is 5.46. The fraction of sp³-hybridized carbons (Fsp3) is 0.235. The van der Waals surface area contributed by atoms with Gasteiger partial charge in [0.15, 0.2) is 11.5 Å². The highest BCUT2D eigenvalue weighted by molar-refractivity contribution is 6.34. The van der Waals surface area contributed by atoms with Gasteiger partial charge < -0.3 is 20.1 Å². The van der Waals surface area contributed by atoms with Gasteiger partial charge in [-0.25, -0.2) is 0 Å². The van der Waals surface area contributed by atoms with Gasteiger partial charge in [0, 0.05) is 17.8 Å². The second-order valence-corrected chi connectivity index (χ2v) is 5.86. The summed E-state index contributed by atoms with van der Waals surface area (Å²) in [6.07, 6.45) is -4.45. The molecule has 0 saturated carbocycles. The molecular weight excluding hydrogens is 373 g/mol. The van der Waals surface area contributed by atoms with Crippen molar-refractivity contribution in [1.82, 2.24) is 0 Å². The van der Waals surface area contributed by atoms with Gasteiger partial charge in [-0.3, -0.25) is 4.79 Å². The summed E-state index contributed by atoms with van der Waals surface area (Å²) in [5.41, 5.74) is -0.284. The molecule has 0 atom stereocenters. The van der Waals surface area contributed by atoms with E-state index >= 15 is 0 Å². The molecule has 3 rings (SSSR count). The topological polar surface area (TPSA) is 59.6 Å². The lowest BCUT2D eigenvalue weighted by atomic mass is 10.2. The second kappa shape index (κ2) is 7.33. The van der Waals surface area contributed by atoms with Crippen molar-refractivity contribution in [2.24, 2.45) is 0 Å². The molecule has 5 nitrogen and oxygen atoms in total. The maximum atomic E-state index is 12.7. The molecule has 0 unspecified atom stereocenters. The molecule has 0 radical (unpaired) electrons. The number of ether oxygens (including phenoxy) is 2. The summed E-state index contributed by atoms with van der Waals surface area (Å²) in [7, 11) is 0. The molecule has 1 aliphatic rings. The number of rotatable bonds is 4. The van der Waals surface area contributed by atoms with Gasteiger partial charge in [0.2, 0.25) is 5.91 Å². The van der Waals surface area contributed by atoms with Crippen molar-refractivity contribution in [2.45, 2.75) is 6.18 Å². The number of benzene rings is 2. The molecule has 9 heteroatoms. The van der Waals surface area contributed by atoms with E-state index in [2.05, 4.69) is 10.6 Å². The first kappa shape index (κ1) is 18.2. The molecule has 26 heavy (non-hydrogen) atoms. The highest BCUT2D eigenvalue weighted by Crippen LogP contribution is 2.38. The van der Waals surface area contributed by atoms with Crippen LogP contribution in [0.3, 0.4) is 0 Å². The van der Waals surface area contributed by atoms with Crippen molar-refractivity contribution >= 4 is 28.9 Å². The Hall–Kier alpha value is -2.61. The van der Waals surface area contributed by atoms with Crippen LogP contribution in [0.15, 0.2) is 36.4 Å². The summed E-state index contributed by atoms with van der Waals surface area (Å²) in [5.74, 6) is 0.476. The normalized spacial score (nSPS) is 13.2. The third kappa shape index (κ3) is 4.32. The lowest BCUT2D eigenvalue weighted by molar-refractivity contribution is -0.137. The monoisotopic (exact) mass is 386 g/mol. The summed E-state index contributed by atoms with van der Waals surface area (Å²) >= 11 is 6.10. The van der Waals surface area contributed by atoms with Crippen LogP contribution in [0.4, 0.5) is 24.5 Å². The van der Waals surface area contributed by atoms with E-state index in [1.807, 2.05) is 0 Å². The van der Waals surface area contributed by atoms with Crippen molar-refractivity contribution in [3.05, 3.63) is 47.0 Å². The van der Waals surface area contributed by atoms with Gasteiger partial charge in [-0.05, 0) is 18.2 Å². The molecule has 2 N–H and O–H groups in total. The fourth-order valence-electron chi connectivity index (χ4n) is 2.34. The predicted molar refractivity (Wildman–Crippen MR) is 91.0 cm³/mol. The standard InChI is InChI=1S/C17H14ClF3N2O3/c18-12-7-14-15(26-5-4-25-14)8-13(12)23-16(24)9-22-11-3-1-2-10(6-11)17(19,20)21/h1-3,6-8,22H,4-5,9H2,(H,23,24). The van der Waals surface area contributed by atoms with Crippen LogP contribution in [-0.4, -0.2) is 25.7 Å². The van der Waals surface area contributed by atoms with Crippen LogP contribution in [0.2, 0.25) is 5.02 Å². The summed E-state index contributed by atoms with van der Waals surface area (Å²) < 4.78 is 48.9. The van der Waals surface area contributed by atoms with Crippen LogP contribution in [0.1, 0.15) is 5.56 Å². The SMILES string of the molecule is O=C(CNc1cccc(C(F)(F)F)c1)Nc1cc2c(cc1Cl)OCCO2. The van der Waals surface area contributed by atoms with Gasteiger partial charge in [-0.15, -0.1) is 0 Å². The van der Waals surface area contributed by atoms with Gasteiger partial charge in [0.25, 0.3) is 0 Å². The molecule has 0 saturated heterocycles. The first-order valence-electron chi connectivity index (χ1n) is 7.63. The van der Waals surface area contributed by atoms with E-state index < -0.39 is 17.6 Å². The van der Waals surface area contributed by atoms with Crippen LogP contribution in [0.5, 0.6) is 11.5 Å². The average Bonchev–Trinajstić information content (AvgIpc) is 2.60. The fourth-order valence-corrected chi connectivity index (χ4v) is 2.54. The van der Waals surface area contributed by atoms with Gasteiger partial charge in [-0.1, -0.05) is 17.7 Å². The number of anilines is 2. The third-order valence-corrected chi connectivity index (χ3v) is 3.86. The zero-order valence-electron chi connectivity index (χ0n) is 13.3. The van der Waals surface area contributed by atoms with Gasteiger partial charge in [0.05, 0.1) is 22.8 Å². The molecular formula is C17H14ClF3N2O3. The van der Waals surface area contributed by atoms with Crippen LogP contribution >= 0.6 is 11.6 Å². The number of hydrogen-bond acceptors (Lipinski definition) is 4. The van der Waals surface area contributed by atoms with Crippen LogP contribution in [0, 0.1) is 0 Å². The minimum Gasteiger partial charge on any atom is -0.486 e. The predicted octanol–water partition coefficient (Wildman–Crippen LogP) is 4.18. The van der Waals surface area contributed by atoms with E-state index in [-0.39, 0.29) is 17.3 Å². The number of amides is 1. The molecule has 138 valence electrons. The first-order valence-corrected chi connectivity index (χ1v) is 8.01. The summed E-state index contributed by atoms with van der Waals surface area (Å²) in [4.78, 5) is 12.1. The summed E-state index contributed by atoms with van der Waals surface area (Å²) in [6.45, 7) is 0.571. The first-order chi connectivity index (χ1) is 12.3. The number of fused-ring (bicyclic) bond motifs is 1. The maximum Gasteiger partial charge on any atom is 0.416 e. The average molecular weight is 387 g/mol. The number of halogens is 4. The Morgan fingerprint density at radius 1 is 1.12 bits per heavy atom. The molecule has 0 bridgehead atoms. The lowest BCUT2D eigenvalue weighted by Gasteiger charge is -2.20. The van der Waals surface area contributed by atoms with Gasteiger partial charge >= 0.3 is 6.18 Å². The Morgan fingerprint density at radius 3 is 2.50 bits per heavy atom. The molecule has 1 aliphatic heterocycles. The third-order valence-electron chi connectivity index (χ3n) is 3.55. The van der Waals surface area contributed by atoms with Gasteiger partial charge in [-0.2, -0.15) is 13.2 Å². The largest absolute Gasteiger partial charge is 0.486 e. The smallest absolute Gasteiger partial charge is 0.416 e. The van der Waals surface area contributed by atoms with Crippen LogP contribution in [0.25, 0.3) is 0 Å². The number of hydrogen-bond donors (Lipinski definition) is 2. The highest BCUT2D eigenvalue weighted by Gasteiger charge is 2.30. The zero-order valence-corrected chi connectivity index (χ0v) is 14.1. The summed E-state index contributed by atoms with van der Waals surface area (Å²) in [6, 6.07) is 7.68. The summed E-state index contributed by atoms with van der Waals surface area (Å²) in [5, 5.41) is 5.50. The highest BCUT2D eigenvalue weighted by atomic mass is 35.5. The lowest BCUT2D eigenvalue weighted by Crippen LogP contribution is -2.22. The van der Waals surface area contributed by atoms with Crippen LogP contribution in [-0.2, 0) is 11.0 Å². The van der Waals surface area contributed by atoms with Crippen molar-refractivity contribution in [3.63, 3.8) is 0 Å². The van der Waals surface area contributed by atoms with E-state index in [0.717, 1.165) is 12.1 Å². The van der Waals surface area contributed by atoms with Crippen LogP contribution < -0.4 is 20.1 Å². The Bertz CT molecular complexity index is 827. The molecule has 0 aliphatic carbocycles. The number of nitrogens with one attached hydrogen (secondary N) is 2. The molecule has 0 fully saturated rings. The number of alkyl halides is 3. The van der Waals surface area contributed by atoms with E-state index in [1.54, 1.807) is 6.07 Å². The van der Waals surface area contributed by atoms with E-state index in [0.29, 0.717) is 30.4 Å². The Labute approximate surface area is 152 Å². The molecule has 0 aromatic heterocycles. The Morgan fingerprint density at radius 2 is 1.81 bits per heavy atom. The van der Waals surface area contributed by atoms with Crippen molar-refractivity contribution < 1.29 is 27.4 Å². The minimum atomic E-state index is -4.45. The zero-order chi connectivity index (χ0) is 18.7. The number of carbonyl (C=O) groups is 1. The van der Waals surface area contributed by atoms with Gasteiger partial charge in [0.1, 0.15) is 13.2 Å². The van der Waals surface area contributed by atoms with E-state index in [1.165, 1.54) is 18.2 Å². The quantitative estimate of drug-likeness (QED) is 0.827.